The third-order valence-electron chi connectivity index (χ3n) is 3.67. The molecule has 0 amide bonds. The summed E-state index contributed by atoms with van der Waals surface area (Å²) in [6.45, 7) is 2.20. The molecule has 0 saturated carbocycles. The highest BCUT2D eigenvalue weighted by Crippen LogP contribution is 2.29. The van der Waals surface area contributed by atoms with Crippen LogP contribution in [-0.4, -0.2) is 33.0 Å². The first-order valence-electron chi connectivity index (χ1n) is 7.33. The smallest absolute Gasteiger partial charge is 0.161 e. The number of anilines is 1. The van der Waals surface area contributed by atoms with E-state index in [0.29, 0.717) is 6.04 Å². The normalized spacial score (nSPS) is 14.8. The molecule has 4 nitrogen and oxygen atoms in total. The Morgan fingerprint density at radius 2 is 2.05 bits per heavy atom. The molecule has 0 spiro atoms. The average Bonchev–Trinajstić information content (AvgIpc) is 2.97. The minimum Gasteiger partial charge on any atom is -0.366 e. The van der Waals surface area contributed by atoms with Gasteiger partial charge in [-0.2, -0.15) is 11.8 Å². The minimum atomic E-state index is 0.407. The van der Waals surface area contributed by atoms with Gasteiger partial charge in [-0.15, -0.1) is 0 Å². The zero-order valence-corrected chi connectivity index (χ0v) is 13.3. The zero-order valence-electron chi connectivity index (χ0n) is 12.5. The molecule has 0 fully saturated rings. The van der Waals surface area contributed by atoms with Crippen LogP contribution in [0.5, 0.6) is 0 Å². The zero-order chi connectivity index (χ0) is 14.7. The van der Waals surface area contributed by atoms with Crippen LogP contribution in [0.15, 0.2) is 24.5 Å². The van der Waals surface area contributed by atoms with Crippen LogP contribution in [0.25, 0.3) is 11.4 Å². The van der Waals surface area contributed by atoms with Crippen LogP contribution in [0.1, 0.15) is 24.6 Å². The van der Waals surface area contributed by atoms with Crippen LogP contribution in [0, 0.1) is 0 Å². The first-order chi connectivity index (χ1) is 10.3. The van der Waals surface area contributed by atoms with Gasteiger partial charge in [0.2, 0.25) is 0 Å². The maximum absolute atomic E-state index is 4.78. The van der Waals surface area contributed by atoms with Crippen LogP contribution in [0.2, 0.25) is 0 Å². The Morgan fingerprint density at radius 3 is 2.81 bits per heavy atom. The first kappa shape index (κ1) is 14.3. The van der Waals surface area contributed by atoms with E-state index >= 15 is 0 Å². The molecule has 2 aromatic heterocycles. The van der Waals surface area contributed by atoms with Crippen molar-refractivity contribution < 1.29 is 0 Å². The molecular weight excluding hydrogens is 280 g/mol. The number of hydrogen-bond acceptors (Lipinski definition) is 5. The third-order valence-corrected chi connectivity index (χ3v) is 4.50. The molecule has 1 unspecified atom stereocenters. The van der Waals surface area contributed by atoms with Gasteiger partial charge in [0.25, 0.3) is 0 Å². The molecule has 0 aliphatic heterocycles. The van der Waals surface area contributed by atoms with E-state index in [2.05, 4.69) is 23.5 Å². The molecule has 21 heavy (non-hydrogen) atoms. The van der Waals surface area contributed by atoms with Gasteiger partial charge in [0.1, 0.15) is 5.82 Å². The van der Waals surface area contributed by atoms with Crippen molar-refractivity contribution in [1.82, 2.24) is 15.0 Å². The number of fused-ring (bicyclic) bond motifs is 1. The van der Waals surface area contributed by atoms with E-state index in [1.54, 1.807) is 12.4 Å². The van der Waals surface area contributed by atoms with E-state index in [9.17, 15) is 0 Å². The summed E-state index contributed by atoms with van der Waals surface area (Å²) in [6, 6.07) is 4.34. The highest BCUT2D eigenvalue weighted by Gasteiger charge is 2.20. The van der Waals surface area contributed by atoms with Crippen molar-refractivity contribution >= 4 is 17.6 Å². The summed E-state index contributed by atoms with van der Waals surface area (Å²) in [5.41, 5.74) is 3.54. The molecule has 0 bridgehead atoms. The lowest BCUT2D eigenvalue weighted by Gasteiger charge is -2.17. The Labute approximate surface area is 129 Å². The molecule has 110 valence electrons. The molecular formula is C16H20N4S. The lowest BCUT2D eigenvalue weighted by atomic mass is 10.2. The maximum atomic E-state index is 4.78. The Bertz CT molecular complexity index is 615. The predicted molar refractivity (Wildman–Crippen MR) is 88.8 cm³/mol. The van der Waals surface area contributed by atoms with Gasteiger partial charge in [-0.05, 0) is 44.6 Å². The summed E-state index contributed by atoms with van der Waals surface area (Å²) in [4.78, 5) is 13.6. The number of hydrogen-bond donors (Lipinski definition) is 1. The van der Waals surface area contributed by atoms with E-state index in [1.807, 2.05) is 23.9 Å². The molecule has 0 aromatic carbocycles. The summed E-state index contributed by atoms with van der Waals surface area (Å²) >= 11 is 1.85. The van der Waals surface area contributed by atoms with Crippen LogP contribution >= 0.6 is 11.8 Å². The first-order valence-corrected chi connectivity index (χ1v) is 8.73. The summed E-state index contributed by atoms with van der Waals surface area (Å²) in [5, 5.41) is 3.57. The molecule has 3 rings (SSSR count). The van der Waals surface area contributed by atoms with Gasteiger partial charge in [0.15, 0.2) is 5.82 Å². The van der Waals surface area contributed by atoms with E-state index < -0.39 is 0 Å². The SMILES string of the molecule is CSCC(C)Nc1nc(-c2ccncc2)nc2c1CCC2. The molecule has 0 saturated heterocycles. The van der Waals surface area contributed by atoms with Crippen molar-refractivity contribution in [2.24, 2.45) is 0 Å². The number of pyridine rings is 1. The molecule has 2 aromatic rings. The van der Waals surface area contributed by atoms with E-state index in [-0.39, 0.29) is 0 Å². The molecule has 1 N–H and O–H groups in total. The van der Waals surface area contributed by atoms with Crippen LogP contribution in [-0.2, 0) is 12.8 Å². The van der Waals surface area contributed by atoms with Gasteiger partial charge in [-0.25, -0.2) is 9.97 Å². The fourth-order valence-corrected chi connectivity index (χ4v) is 3.29. The topological polar surface area (TPSA) is 50.7 Å². The molecule has 2 heterocycles. The minimum absolute atomic E-state index is 0.407. The largest absolute Gasteiger partial charge is 0.366 e. The van der Waals surface area contributed by atoms with Crippen molar-refractivity contribution in [3.63, 3.8) is 0 Å². The number of aromatic nitrogens is 3. The second-order valence-electron chi connectivity index (χ2n) is 5.41. The fourth-order valence-electron chi connectivity index (χ4n) is 2.71. The number of aryl methyl sites for hydroxylation is 1. The van der Waals surface area contributed by atoms with Crippen LogP contribution in [0.4, 0.5) is 5.82 Å². The van der Waals surface area contributed by atoms with Crippen LogP contribution in [0.3, 0.4) is 0 Å². The Balaban J connectivity index is 1.97. The van der Waals surface area contributed by atoms with Gasteiger partial charge in [0.05, 0.1) is 0 Å². The standard InChI is InChI=1S/C16H20N4S/c1-11(10-21-2)18-16-13-4-3-5-14(13)19-15(20-16)12-6-8-17-9-7-12/h6-9,11H,3-5,10H2,1-2H3,(H,18,19,20). The number of nitrogens with one attached hydrogen (secondary N) is 1. The Morgan fingerprint density at radius 1 is 1.24 bits per heavy atom. The summed E-state index contributed by atoms with van der Waals surface area (Å²) in [5.74, 6) is 2.89. The molecule has 5 heteroatoms. The molecule has 1 aliphatic carbocycles. The quantitative estimate of drug-likeness (QED) is 0.919. The lowest BCUT2D eigenvalue weighted by Crippen LogP contribution is -2.20. The highest BCUT2D eigenvalue weighted by atomic mass is 32.2. The molecule has 1 atom stereocenters. The highest BCUT2D eigenvalue weighted by molar-refractivity contribution is 7.98. The van der Waals surface area contributed by atoms with Gasteiger partial charge in [0, 0.05) is 41.0 Å². The van der Waals surface area contributed by atoms with Crippen molar-refractivity contribution in [2.75, 3.05) is 17.3 Å². The van der Waals surface area contributed by atoms with Gasteiger partial charge >= 0.3 is 0 Å². The number of nitrogens with zero attached hydrogens (tertiary/aromatic N) is 3. The Hall–Kier alpha value is -1.62. The average molecular weight is 300 g/mol. The second kappa shape index (κ2) is 6.43. The van der Waals surface area contributed by atoms with Crippen molar-refractivity contribution in [3.8, 4) is 11.4 Å². The molecule has 0 radical (unpaired) electrons. The van der Waals surface area contributed by atoms with Gasteiger partial charge in [-0.3, -0.25) is 4.98 Å². The van der Waals surface area contributed by atoms with Crippen molar-refractivity contribution in [1.29, 1.82) is 0 Å². The van der Waals surface area contributed by atoms with E-state index in [1.165, 1.54) is 17.7 Å². The van der Waals surface area contributed by atoms with Crippen molar-refractivity contribution in [3.05, 3.63) is 35.8 Å². The van der Waals surface area contributed by atoms with E-state index in [4.69, 9.17) is 9.97 Å². The molecule has 1 aliphatic rings. The van der Waals surface area contributed by atoms with Crippen molar-refractivity contribution in [2.45, 2.75) is 32.2 Å². The monoisotopic (exact) mass is 300 g/mol. The number of thioether (sulfide) groups is 1. The van der Waals surface area contributed by atoms with Gasteiger partial charge in [-0.1, -0.05) is 0 Å². The number of rotatable bonds is 5. The third kappa shape index (κ3) is 3.18. The van der Waals surface area contributed by atoms with Crippen LogP contribution < -0.4 is 5.32 Å². The summed E-state index contributed by atoms with van der Waals surface area (Å²) in [6.07, 6.45) is 9.02. The maximum Gasteiger partial charge on any atom is 0.161 e. The summed E-state index contributed by atoms with van der Waals surface area (Å²) < 4.78 is 0. The summed E-state index contributed by atoms with van der Waals surface area (Å²) in [7, 11) is 0. The van der Waals surface area contributed by atoms with Gasteiger partial charge < -0.3 is 5.32 Å². The lowest BCUT2D eigenvalue weighted by molar-refractivity contribution is 0.886. The van der Waals surface area contributed by atoms with E-state index in [0.717, 1.165) is 35.8 Å². The Kier molecular flexibility index (Phi) is 4.39. The second-order valence-corrected chi connectivity index (χ2v) is 6.32. The predicted octanol–water partition coefficient (Wildman–Crippen LogP) is 3.19. The fraction of sp³-hybridized carbons (Fsp3) is 0.438.